The van der Waals surface area contributed by atoms with Gasteiger partial charge in [0.05, 0.1) is 15.2 Å². The van der Waals surface area contributed by atoms with E-state index in [0.717, 1.165) is 12.0 Å². The van der Waals surface area contributed by atoms with Crippen molar-refractivity contribution in [2.75, 3.05) is 0 Å². The zero-order valence-electron chi connectivity index (χ0n) is 19.0. The van der Waals surface area contributed by atoms with Crippen molar-refractivity contribution in [3.63, 3.8) is 0 Å². The van der Waals surface area contributed by atoms with E-state index in [1.54, 1.807) is 5.19 Å². The molecule has 0 spiro atoms. The van der Waals surface area contributed by atoms with Gasteiger partial charge in [0.25, 0.3) is 5.91 Å². The van der Waals surface area contributed by atoms with E-state index in [1.165, 1.54) is 33.0 Å². The van der Waals surface area contributed by atoms with Crippen LogP contribution in [0.25, 0.3) is 17.2 Å². The fourth-order valence-corrected chi connectivity index (χ4v) is 40.5. The molecule has 0 saturated carbocycles. The van der Waals surface area contributed by atoms with Gasteiger partial charge in [0, 0.05) is 12.7 Å². The van der Waals surface area contributed by atoms with Crippen LogP contribution in [0.15, 0.2) is 29.8 Å². The van der Waals surface area contributed by atoms with Gasteiger partial charge in [-0.1, -0.05) is 85.6 Å². The maximum atomic E-state index is 12.4. The van der Waals surface area contributed by atoms with Crippen LogP contribution in [-0.2, 0) is 6.42 Å². The molecule has 1 amide bonds. The molecule has 0 saturated heterocycles. The topological polar surface area (TPSA) is 40.9 Å². The number of rotatable bonds is 2. The van der Waals surface area contributed by atoms with E-state index in [2.05, 4.69) is 83.5 Å². The smallest absolute Gasteiger partial charge is 0.267 e. The fourth-order valence-electron chi connectivity index (χ4n) is 5.68. The van der Waals surface area contributed by atoms with Crippen LogP contribution in [0, 0.1) is 6.92 Å². The highest BCUT2D eigenvalue weighted by molar-refractivity contribution is 7.76. The van der Waals surface area contributed by atoms with Crippen molar-refractivity contribution in [3.05, 3.63) is 52.1 Å². The number of fused-ring (bicyclic) bond motifs is 2. The molecule has 2 aliphatic rings. The second-order valence-electron chi connectivity index (χ2n) is 10.6. The molecule has 0 aromatic heterocycles. The van der Waals surface area contributed by atoms with Gasteiger partial charge in [-0.25, -0.2) is 0 Å². The Kier molecular flexibility index (Phi) is 4.37. The first-order chi connectivity index (χ1) is 13.3. The summed E-state index contributed by atoms with van der Waals surface area (Å²) in [5, 5.41) is 3.10. The summed E-state index contributed by atoms with van der Waals surface area (Å²) >= 11 is 0. The van der Waals surface area contributed by atoms with Crippen LogP contribution < -0.4 is 16.1 Å². The van der Waals surface area contributed by atoms with Crippen molar-refractivity contribution < 1.29 is 4.79 Å². The molecule has 2 nitrogen and oxygen atoms in total. The molecule has 1 radical (unpaired) electrons. The van der Waals surface area contributed by atoms with Gasteiger partial charge in [0.15, 0.2) is 0 Å². The molecule has 1 heterocycles. The summed E-state index contributed by atoms with van der Waals surface area (Å²) in [4.78, 5) is 12.4. The third kappa shape index (κ3) is 2.53. The van der Waals surface area contributed by atoms with Crippen molar-refractivity contribution >= 4 is 44.6 Å². The number of hydrogen-bond acceptors (Lipinski definition) is 1. The Morgan fingerprint density at radius 2 is 1.66 bits per heavy atom. The normalized spacial score (nSPS) is 20.2. The lowest BCUT2D eigenvalue weighted by Crippen LogP contribution is -2.68. The van der Waals surface area contributed by atoms with Gasteiger partial charge in [-0.2, -0.15) is 0 Å². The molecule has 0 bridgehead atoms. The van der Waals surface area contributed by atoms with E-state index in [4.69, 9.17) is 5.73 Å². The summed E-state index contributed by atoms with van der Waals surface area (Å²) in [5.41, 5.74) is 16.3. The lowest BCUT2D eigenvalue weighted by atomic mass is 9.91. The number of amides is 1. The summed E-state index contributed by atoms with van der Waals surface area (Å²) in [6.07, 6.45) is 3.35. The van der Waals surface area contributed by atoms with Gasteiger partial charge in [-0.05, 0) is 48.1 Å². The summed E-state index contributed by atoms with van der Waals surface area (Å²) in [5.74, 6) is -0.540. The van der Waals surface area contributed by atoms with Crippen LogP contribution in [0.4, 0.5) is 0 Å². The van der Waals surface area contributed by atoms with Gasteiger partial charge >= 0.3 is 0 Å². The lowest BCUT2D eigenvalue weighted by molar-refractivity contribution is 0.0991. The Hall–Kier alpha value is -1.70. The standard InChI is InChI=1S/C24H32NOSi3/c1-15-12-17-10-9-11-18(20(17)13-15)22-16(2)19(24(25)26)14-21-23(22)28(5,6)29(7,8)27(21,3)4/h9-11,13-14,25H,12H2,1-8H3. The SMILES string of the molecule is CC1=Cc2c(cccc2-c2c(C)c(C([NH])=O)cc3c2[Si](C)(C)[Si](C)(C)[Si]3(C)C)C1. The minimum absolute atomic E-state index is 0.540. The number of benzene rings is 2. The Morgan fingerprint density at radius 3 is 2.28 bits per heavy atom. The van der Waals surface area contributed by atoms with Crippen LogP contribution in [0.3, 0.4) is 0 Å². The summed E-state index contributed by atoms with van der Waals surface area (Å²) in [6.45, 7) is 19.7. The molecule has 151 valence electrons. The summed E-state index contributed by atoms with van der Waals surface area (Å²) in [7, 11) is -4.85. The molecule has 2 aromatic rings. The highest BCUT2D eigenvalue weighted by Gasteiger charge is 2.61. The first kappa shape index (κ1) is 20.6. The minimum atomic E-state index is -1.68. The van der Waals surface area contributed by atoms with Crippen molar-refractivity contribution in [3.8, 4) is 11.1 Å². The number of allylic oxidation sites excluding steroid dienone is 1. The first-order valence-electron chi connectivity index (χ1n) is 10.6. The van der Waals surface area contributed by atoms with Gasteiger partial charge in [-0.15, -0.1) is 0 Å². The third-order valence-electron chi connectivity index (χ3n) is 8.58. The molecular formula is C24H32NOSi3. The molecular weight excluding hydrogens is 403 g/mol. The zero-order chi connectivity index (χ0) is 21.5. The van der Waals surface area contributed by atoms with Crippen LogP contribution in [0.1, 0.15) is 34.0 Å². The van der Waals surface area contributed by atoms with Crippen LogP contribution in [-0.4, -0.2) is 28.2 Å². The Labute approximate surface area is 177 Å². The van der Waals surface area contributed by atoms with Gasteiger partial charge in [0.2, 0.25) is 0 Å². The predicted molar refractivity (Wildman–Crippen MR) is 133 cm³/mol. The molecule has 5 heteroatoms. The Bertz CT molecular complexity index is 1110. The molecule has 0 unspecified atom stereocenters. The maximum Gasteiger partial charge on any atom is 0.269 e. The van der Waals surface area contributed by atoms with E-state index in [1.807, 2.05) is 0 Å². The number of nitrogens with one attached hydrogen (secondary N) is 1. The largest absolute Gasteiger partial charge is 0.269 e. The van der Waals surface area contributed by atoms with Crippen LogP contribution in [0.5, 0.6) is 0 Å². The van der Waals surface area contributed by atoms with E-state index >= 15 is 0 Å². The van der Waals surface area contributed by atoms with E-state index in [0.29, 0.717) is 5.56 Å². The molecule has 4 rings (SSSR count). The third-order valence-corrected chi connectivity index (χ3v) is 50.1. The molecule has 0 fully saturated rings. The van der Waals surface area contributed by atoms with Gasteiger partial charge < -0.3 is 0 Å². The summed E-state index contributed by atoms with van der Waals surface area (Å²) in [6, 6.07) is 8.81. The van der Waals surface area contributed by atoms with E-state index in [9.17, 15) is 4.79 Å². The summed E-state index contributed by atoms with van der Waals surface area (Å²) < 4.78 is 0. The van der Waals surface area contributed by atoms with E-state index < -0.39 is 28.2 Å². The van der Waals surface area contributed by atoms with Gasteiger partial charge in [-0.3, -0.25) is 10.5 Å². The molecule has 29 heavy (non-hydrogen) atoms. The molecule has 1 aliphatic carbocycles. The molecule has 1 aliphatic heterocycles. The average Bonchev–Trinajstić information content (AvgIpc) is 3.04. The highest BCUT2D eigenvalue weighted by atomic mass is 29.6. The van der Waals surface area contributed by atoms with Crippen molar-refractivity contribution in [1.82, 2.24) is 5.73 Å². The van der Waals surface area contributed by atoms with Crippen LogP contribution in [0.2, 0.25) is 39.3 Å². The molecule has 2 aromatic carbocycles. The minimum Gasteiger partial charge on any atom is -0.267 e. The van der Waals surface area contributed by atoms with Crippen molar-refractivity contribution in [2.24, 2.45) is 0 Å². The lowest BCUT2D eigenvalue weighted by Gasteiger charge is -2.40. The highest BCUT2D eigenvalue weighted by Crippen LogP contribution is 2.41. The number of carbonyl (C=O) groups excluding carboxylic acids is 1. The molecule has 1 N–H and O–H groups in total. The average molecular weight is 435 g/mol. The second kappa shape index (κ2) is 6.15. The van der Waals surface area contributed by atoms with Gasteiger partial charge in [0.1, 0.15) is 0 Å². The van der Waals surface area contributed by atoms with E-state index in [-0.39, 0.29) is 0 Å². The number of hydrogen-bond donors (Lipinski definition) is 0. The molecule has 0 atom stereocenters. The quantitative estimate of drug-likeness (QED) is 0.629. The second-order valence-corrected chi connectivity index (χ2v) is 37.9. The van der Waals surface area contributed by atoms with Crippen molar-refractivity contribution in [1.29, 1.82) is 0 Å². The zero-order valence-corrected chi connectivity index (χ0v) is 22.0. The van der Waals surface area contributed by atoms with Crippen LogP contribution >= 0.6 is 0 Å². The fraction of sp³-hybridized carbons (Fsp3) is 0.375. The predicted octanol–water partition coefficient (Wildman–Crippen LogP) is 4.75. The Morgan fingerprint density at radius 1 is 1.00 bits per heavy atom. The monoisotopic (exact) mass is 434 g/mol. The van der Waals surface area contributed by atoms with Crippen molar-refractivity contribution in [2.45, 2.75) is 59.6 Å². The Balaban J connectivity index is 2.19. The first-order valence-corrected chi connectivity index (χ1v) is 21.6. The maximum absolute atomic E-state index is 12.4. The number of carbonyl (C=O) groups is 1.